The van der Waals surface area contributed by atoms with Crippen molar-refractivity contribution in [2.45, 2.75) is 65.9 Å². The van der Waals surface area contributed by atoms with Crippen molar-refractivity contribution < 1.29 is 23.7 Å². The highest BCUT2D eigenvalue weighted by molar-refractivity contribution is 7.74. The van der Waals surface area contributed by atoms with Gasteiger partial charge in [0.1, 0.15) is 38.3 Å². The number of thiol groups is 1. The van der Waals surface area contributed by atoms with Crippen molar-refractivity contribution in [3.05, 3.63) is 105 Å². The molecule has 2 unspecified atom stereocenters. The van der Waals surface area contributed by atoms with Crippen LogP contribution in [-0.4, -0.2) is 88.7 Å². The highest BCUT2D eigenvalue weighted by atomic mass is 35.5. The summed E-state index contributed by atoms with van der Waals surface area (Å²) in [4.78, 5) is 41.5. The number of carbonyl (C=O) groups is 2. The average Bonchev–Trinajstić information content (AvgIpc) is 3.22. The van der Waals surface area contributed by atoms with Gasteiger partial charge in [0.2, 0.25) is 0 Å². The Bertz CT molecular complexity index is 2170. The van der Waals surface area contributed by atoms with Crippen LogP contribution in [0.5, 0.6) is 5.75 Å². The summed E-state index contributed by atoms with van der Waals surface area (Å²) in [6.07, 6.45) is 4.33. The Morgan fingerprint density at radius 1 is 1.05 bits per heavy atom. The average molecular weight is 841 g/mol. The maximum Gasteiger partial charge on any atom is 0.273 e. The van der Waals surface area contributed by atoms with E-state index in [1.807, 2.05) is 62.4 Å². The molecule has 2 N–H and O–H groups in total. The molecule has 2 atom stereocenters. The number of piperazine rings is 1. The van der Waals surface area contributed by atoms with Crippen molar-refractivity contribution >= 4 is 53.3 Å². The number of anilines is 3. The van der Waals surface area contributed by atoms with Gasteiger partial charge in [-0.05, 0) is 83.8 Å². The van der Waals surface area contributed by atoms with Gasteiger partial charge in [-0.25, -0.2) is 9.97 Å². The predicted octanol–water partition coefficient (Wildman–Crippen LogP) is 8.38. The molecule has 0 bridgehead atoms. The number of nitriles is 1. The van der Waals surface area contributed by atoms with Gasteiger partial charge < -0.3 is 14.5 Å². The first kappa shape index (κ1) is 43.9. The lowest BCUT2D eigenvalue weighted by atomic mass is 9.77. The lowest BCUT2D eigenvalue weighted by molar-refractivity contribution is -0.955. The molecule has 3 heterocycles. The summed E-state index contributed by atoms with van der Waals surface area (Å²) in [6, 6.07) is 21.7. The molecule has 0 saturated carbocycles. The van der Waals surface area contributed by atoms with Crippen molar-refractivity contribution in [2.75, 3.05) is 68.1 Å². The zero-order chi connectivity index (χ0) is 42.5. The second-order valence-electron chi connectivity index (χ2n) is 16.4. The minimum Gasteiger partial charge on any atom is -0.487 e. The van der Waals surface area contributed by atoms with Crippen molar-refractivity contribution in [3.63, 3.8) is 0 Å². The molecule has 0 amide bonds. The largest absolute Gasteiger partial charge is 0.487 e. The minimum absolute atomic E-state index is 0.0357. The summed E-state index contributed by atoms with van der Waals surface area (Å²) in [5.74, 6) is 1.27. The SMILES string of the molecule is CCC(C)C(=O)c1cccc(N2CCN(CC3CCN(c4c(Cl)cc(C(C)(C)c5ccc(OCc6ccnc(N[N+](C)(O)S)n6)cc5)cc4C#N)CC3)CC2)c1C(C)=O. The molecule has 3 aromatic carbocycles. The third-order valence-corrected chi connectivity index (χ3v) is 12.2. The number of nitrogens with zero attached hydrogens (tertiary/aromatic N) is 7. The van der Waals surface area contributed by atoms with E-state index in [1.165, 1.54) is 7.05 Å². The monoisotopic (exact) mass is 839 g/mol. The van der Waals surface area contributed by atoms with Gasteiger partial charge in [0.25, 0.3) is 5.95 Å². The van der Waals surface area contributed by atoms with E-state index in [2.05, 4.69) is 62.8 Å². The van der Waals surface area contributed by atoms with Crippen LogP contribution in [0.4, 0.5) is 17.3 Å². The van der Waals surface area contributed by atoms with Crippen LogP contribution >= 0.6 is 24.4 Å². The molecular formula is C45H56ClN8O4S+. The Morgan fingerprint density at radius 2 is 1.75 bits per heavy atom. The fourth-order valence-corrected chi connectivity index (χ4v) is 8.51. The Kier molecular flexibility index (Phi) is 13.9. The normalized spacial score (nSPS) is 16.9. The van der Waals surface area contributed by atoms with E-state index in [9.17, 15) is 20.1 Å². The van der Waals surface area contributed by atoms with Crippen molar-refractivity contribution in [1.29, 1.82) is 5.26 Å². The Morgan fingerprint density at radius 3 is 2.37 bits per heavy atom. The molecule has 0 spiro atoms. The van der Waals surface area contributed by atoms with E-state index in [1.54, 1.807) is 25.3 Å². The number of halogens is 1. The molecule has 1 aromatic heterocycles. The van der Waals surface area contributed by atoms with Gasteiger partial charge in [-0.1, -0.05) is 63.6 Å². The summed E-state index contributed by atoms with van der Waals surface area (Å²) in [5, 5.41) is 20.8. The van der Waals surface area contributed by atoms with Crippen LogP contribution in [0.25, 0.3) is 0 Å². The van der Waals surface area contributed by atoms with E-state index in [0.29, 0.717) is 39.1 Å². The Labute approximate surface area is 358 Å². The van der Waals surface area contributed by atoms with Gasteiger partial charge in [0, 0.05) is 74.6 Å². The second-order valence-corrected chi connectivity index (χ2v) is 17.6. The van der Waals surface area contributed by atoms with Crippen molar-refractivity contribution in [3.8, 4) is 11.8 Å². The summed E-state index contributed by atoms with van der Waals surface area (Å²) in [6.45, 7) is 16.0. The van der Waals surface area contributed by atoms with Crippen molar-refractivity contribution in [1.82, 2.24) is 14.9 Å². The number of benzene rings is 3. The van der Waals surface area contributed by atoms with Gasteiger partial charge in [-0.15, -0.1) is 0 Å². The summed E-state index contributed by atoms with van der Waals surface area (Å²) in [7, 11) is 1.42. The van der Waals surface area contributed by atoms with E-state index in [-0.39, 0.29) is 30.0 Å². The first-order valence-corrected chi connectivity index (χ1v) is 21.2. The highest BCUT2D eigenvalue weighted by Crippen LogP contribution is 2.40. The van der Waals surface area contributed by atoms with E-state index < -0.39 is 9.58 Å². The summed E-state index contributed by atoms with van der Waals surface area (Å²) < 4.78 is 5.18. The van der Waals surface area contributed by atoms with Gasteiger partial charge in [0.15, 0.2) is 11.6 Å². The molecule has 59 heavy (non-hydrogen) atoms. The predicted molar refractivity (Wildman–Crippen MR) is 236 cm³/mol. The van der Waals surface area contributed by atoms with E-state index in [4.69, 9.17) is 16.3 Å². The number of hydrogen-bond acceptors (Lipinski definition) is 12. The second kappa shape index (κ2) is 18.7. The topological polar surface area (TPSA) is 135 Å². The first-order valence-electron chi connectivity index (χ1n) is 20.4. The number of aromatic nitrogens is 2. The lowest BCUT2D eigenvalue weighted by Gasteiger charge is -2.41. The molecule has 0 aliphatic carbocycles. The smallest absolute Gasteiger partial charge is 0.273 e. The number of ether oxygens (including phenoxy) is 1. The number of piperidine rings is 1. The molecule has 2 aliphatic heterocycles. The molecule has 2 aliphatic rings. The van der Waals surface area contributed by atoms with Gasteiger partial charge in [-0.3, -0.25) is 14.5 Å². The molecule has 4 aromatic rings. The van der Waals surface area contributed by atoms with Crippen LogP contribution in [0.3, 0.4) is 0 Å². The van der Waals surface area contributed by atoms with Crippen LogP contribution in [0.15, 0.2) is 66.9 Å². The number of ketones is 2. The molecular weight excluding hydrogens is 784 g/mol. The molecule has 2 fully saturated rings. The lowest BCUT2D eigenvalue weighted by Crippen LogP contribution is -2.49. The van der Waals surface area contributed by atoms with Crippen LogP contribution in [0, 0.1) is 23.2 Å². The highest BCUT2D eigenvalue weighted by Gasteiger charge is 2.31. The number of carbonyl (C=O) groups excluding carboxylic acids is 2. The Hall–Kier alpha value is -4.71. The quantitative estimate of drug-likeness (QED) is 0.0461. The zero-order valence-corrected chi connectivity index (χ0v) is 36.6. The zero-order valence-electron chi connectivity index (χ0n) is 34.9. The Balaban J connectivity index is 1.04. The number of hydroxylamine groups is 1. The number of hydrogen-bond donors (Lipinski definition) is 3. The number of Topliss-reactive ketones (excluding diaryl/α,β-unsaturated/α-hetero) is 2. The minimum atomic E-state index is -0.807. The third-order valence-electron chi connectivity index (χ3n) is 11.8. The van der Waals surface area contributed by atoms with E-state index >= 15 is 0 Å². The standard InChI is InChI=1S/C45H56ClN8O4S/c1-7-30(2)43(56)38-9-8-10-40(41(38)31(3)55)52-23-21-51(22-24-52)28-32-16-19-53(20-17-32)42-33(27-47)25-35(26-39(42)46)45(4,5)34-11-13-37(14-12-34)58-29-36-15-18-48-44(49-36)50-54(6,57)59/h8-15,18,25-26,30,32,57,59H,7,16-17,19-24,28-29H2,1-6H3,(H,48,49,50)/q+1. The molecule has 12 nitrogen and oxygen atoms in total. The van der Waals surface area contributed by atoms with Crippen LogP contribution in [-0.2, 0) is 12.0 Å². The molecule has 6 rings (SSSR count). The molecule has 312 valence electrons. The summed E-state index contributed by atoms with van der Waals surface area (Å²) in [5.41, 5.74) is 8.19. The molecule has 2 saturated heterocycles. The van der Waals surface area contributed by atoms with Crippen LogP contribution < -0.4 is 20.0 Å². The summed E-state index contributed by atoms with van der Waals surface area (Å²) >= 11 is 11.0. The van der Waals surface area contributed by atoms with Gasteiger partial charge in [-0.2, -0.15) is 15.9 Å². The number of nitrogens with one attached hydrogen (secondary N) is 1. The van der Waals surface area contributed by atoms with Crippen LogP contribution in [0.2, 0.25) is 5.02 Å². The fourth-order valence-electron chi connectivity index (χ4n) is 8.08. The first-order chi connectivity index (χ1) is 28.1. The molecule has 0 radical (unpaired) electrons. The van der Waals surface area contributed by atoms with Gasteiger partial charge in [0.05, 0.1) is 27.5 Å². The van der Waals surface area contributed by atoms with E-state index in [0.717, 1.165) is 87.6 Å². The maximum absolute atomic E-state index is 13.2. The third kappa shape index (κ3) is 10.5. The van der Waals surface area contributed by atoms with Crippen LogP contribution in [0.1, 0.15) is 97.0 Å². The van der Waals surface area contributed by atoms with Crippen molar-refractivity contribution in [2.24, 2.45) is 11.8 Å². The number of rotatable bonds is 15. The molecule has 14 heteroatoms. The fraction of sp³-hybridized carbons (Fsp3) is 0.444. The maximum atomic E-state index is 13.2. The van der Waals surface area contributed by atoms with Gasteiger partial charge >= 0.3 is 0 Å². The number of quaternary nitrogens is 1.